The van der Waals surface area contributed by atoms with Gasteiger partial charge in [0.15, 0.2) is 6.86 Å². The van der Waals surface area contributed by atoms with Crippen molar-refractivity contribution < 1.29 is 9.13 Å². The van der Waals surface area contributed by atoms with E-state index in [1.165, 1.54) is 18.4 Å². The minimum absolute atomic E-state index is 0.681. The molecular formula is C11H14FNO. The number of aliphatic imine (C=N–C) groups is 1. The number of hydrogen-bond acceptors (Lipinski definition) is 2. The normalized spacial score (nSPS) is 12.6. The number of para-hydroxylation sites is 1. The van der Waals surface area contributed by atoms with Crippen molar-refractivity contribution in [2.45, 2.75) is 13.3 Å². The van der Waals surface area contributed by atoms with E-state index in [-0.39, 0.29) is 0 Å². The van der Waals surface area contributed by atoms with E-state index in [9.17, 15) is 4.39 Å². The molecule has 0 radical (unpaired) electrons. The number of rotatable bonds is 1. The predicted octanol–water partition coefficient (Wildman–Crippen LogP) is 2.89. The Morgan fingerprint density at radius 3 is 2.64 bits per heavy atom. The van der Waals surface area contributed by atoms with Gasteiger partial charge in [-0.25, -0.2) is 4.39 Å². The molecule has 0 saturated heterocycles. The van der Waals surface area contributed by atoms with Gasteiger partial charge in [0, 0.05) is 19.2 Å². The second kappa shape index (κ2) is 5.50. The lowest BCUT2D eigenvalue weighted by atomic mass is 10.1. The largest absolute Gasteiger partial charge is 0.354 e. The third-order valence-corrected chi connectivity index (χ3v) is 1.86. The molecular weight excluding hydrogens is 181 g/mol. The van der Waals surface area contributed by atoms with E-state index in [1.807, 2.05) is 6.07 Å². The molecule has 0 fully saturated rings. The van der Waals surface area contributed by atoms with E-state index >= 15 is 0 Å². The first kappa shape index (κ1) is 10.9. The van der Waals surface area contributed by atoms with Crippen molar-refractivity contribution in [3.63, 3.8) is 0 Å². The van der Waals surface area contributed by atoms with E-state index in [2.05, 4.69) is 34.9 Å². The fourth-order valence-electron chi connectivity index (χ4n) is 1.29. The van der Waals surface area contributed by atoms with Gasteiger partial charge in [-0.2, -0.15) is 0 Å². The van der Waals surface area contributed by atoms with Crippen molar-refractivity contribution >= 4 is 11.4 Å². The molecule has 0 atom stereocenters. The molecule has 0 unspecified atom stereocenters. The molecule has 0 saturated carbocycles. The summed E-state index contributed by atoms with van der Waals surface area (Å²) < 4.78 is 14.4. The van der Waals surface area contributed by atoms with Crippen molar-refractivity contribution in [1.82, 2.24) is 0 Å². The van der Waals surface area contributed by atoms with Crippen LogP contribution in [0.25, 0.3) is 0 Å². The molecule has 2 rings (SSSR count). The van der Waals surface area contributed by atoms with Gasteiger partial charge in [-0.1, -0.05) is 18.2 Å². The molecule has 3 heteroatoms. The van der Waals surface area contributed by atoms with E-state index in [0.29, 0.717) is 0 Å². The predicted molar refractivity (Wildman–Crippen MR) is 55.9 cm³/mol. The van der Waals surface area contributed by atoms with Crippen LogP contribution in [0.5, 0.6) is 0 Å². The second-order valence-electron chi connectivity index (χ2n) is 3.05. The maximum atomic E-state index is 10.5. The number of benzene rings is 1. The van der Waals surface area contributed by atoms with Gasteiger partial charge in [-0.3, -0.25) is 4.99 Å². The summed E-state index contributed by atoms with van der Waals surface area (Å²) in [5.74, 6) is 0. The third-order valence-electron chi connectivity index (χ3n) is 1.86. The molecule has 1 aromatic carbocycles. The Labute approximate surface area is 83.4 Å². The number of halogens is 1. The molecule has 0 spiro atoms. The smallest absolute Gasteiger partial charge is 0.187 e. The second-order valence-corrected chi connectivity index (χ2v) is 3.05. The van der Waals surface area contributed by atoms with Crippen LogP contribution in [0.4, 0.5) is 10.1 Å². The molecule has 0 amide bonds. The average Bonchev–Trinajstić information content (AvgIpc) is 2.58. The Morgan fingerprint density at radius 2 is 2.07 bits per heavy atom. The highest BCUT2D eigenvalue weighted by Gasteiger charge is 2.08. The van der Waals surface area contributed by atoms with Crippen molar-refractivity contribution in [3.05, 3.63) is 29.8 Å². The van der Waals surface area contributed by atoms with Crippen LogP contribution in [0.2, 0.25) is 0 Å². The monoisotopic (exact) mass is 195 g/mol. The van der Waals surface area contributed by atoms with Crippen molar-refractivity contribution in [2.24, 2.45) is 4.99 Å². The van der Waals surface area contributed by atoms with Gasteiger partial charge in [0.25, 0.3) is 0 Å². The van der Waals surface area contributed by atoms with Crippen LogP contribution in [-0.4, -0.2) is 19.7 Å². The first-order chi connectivity index (χ1) is 6.77. The van der Waals surface area contributed by atoms with Gasteiger partial charge in [0.05, 0.1) is 5.69 Å². The van der Waals surface area contributed by atoms with Gasteiger partial charge >= 0.3 is 0 Å². The lowest BCUT2D eigenvalue weighted by Crippen LogP contribution is -1.87. The van der Waals surface area contributed by atoms with Gasteiger partial charge in [0.1, 0.15) is 0 Å². The van der Waals surface area contributed by atoms with Crippen molar-refractivity contribution in [3.8, 4) is 0 Å². The summed E-state index contributed by atoms with van der Waals surface area (Å²) in [5.41, 5.74) is 3.74. The minimum atomic E-state index is -0.681. The van der Waals surface area contributed by atoms with Gasteiger partial charge < -0.3 is 4.74 Å². The van der Waals surface area contributed by atoms with Gasteiger partial charge in [0.2, 0.25) is 0 Å². The molecule has 0 N–H and O–H groups in total. The van der Waals surface area contributed by atoms with Gasteiger partial charge in [-0.15, -0.1) is 0 Å². The third kappa shape index (κ3) is 2.92. The Bertz CT molecular complexity index is 321. The van der Waals surface area contributed by atoms with Crippen LogP contribution in [-0.2, 0) is 11.2 Å². The number of nitrogens with zero attached hydrogens (tertiary/aromatic N) is 1. The minimum Gasteiger partial charge on any atom is -0.354 e. The summed E-state index contributed by atoms with van der Waals surface area (Å²) in [7, 11) is 1.31. The summed E-state index contributed by atoms with van der Waals surface area (Å²) in [5, 5.41) is 0. The fourth-order valence-corrected chi connectivity index (χ4v) is 1.29. The Balaban J connectivity index is 0.000000213. The molecule has 2 nitrogen and oxygen atoms in total. The van der Waals surface area contributed by atoms with Crippen LogP contribution >= 0.6 is 0 Å². The summed E-state index contributed by atoms with van der Waals surface area (Å²) >= 11 is 0. The van der Waals surface area contributed by atoms with Crippen LogP contribution < -0.4 is 0 Å². The number of alkyl halides is 1. The van der Waals surface area contributed by atoms with Crippen LogP contribution in [0, 0.1) is 0 Å². The molecule has 0 bridgehead atoms. The van der Waals surface area contributed by atoms with Crippen LogP contribution in [0.3, 0.4) is 0 Å². The zero-order valence-electron chi connectivity index (χ0n) is 8.46. The Morgan fingerprint density at radius 1 is 1.43 bits per heavy atom. The van der Waals surface area contributed by atoms with Crippen molar-refractivity contribution in [2.75, 3.05) is 14.0 Å². The van der Waals surface area contributed by atoms with Crippen molar-refractivity contribution in [1.29, 1.82) is 0 Å². The summed E-state index contributed by atoms with van der Waals surface area (Å²) in [6, 6.07) is 8.29. The zero-order valence-corrected chi connectivity index (χ0v) is 8.46. The van der Waals surface area contributed by atoms with E-state index < -0.39 is 6.86 Å². The highest BCUT2D eigenvalue weighted by Crippen LogP contribution is 2.25. The Hall–Kier alpha value is -1.22. The molecule has 0 aromatic heterocycles. The maximum Gasteiger partial charge on any atom is 0.187 e. The van der Waals surface area contributed by atoms with E-state index in [4.69, 9.17) is 0 Å². The molecule has 1 heterocycles. The topological polar surface area (TPSA) is 21.6 Å². The number of hydrogen-bond donors (Lipinski definition) is 0. The maximum absolute atomic E-state index is 10.5. The molecule has 1 aliphatic rings. The first-order valence-corrected chi connectivity index (χ1v) is 4.45. The molecule has 14 heavy (non-hydrogen) atoms. The quantitative estimate of drug-likeness (QED) is 0.675. The highest BCUT2D eigenvalue weighted by atomic mass is 19.1. The van der Waals surface area contributed by atoms with E-state index in [0.717, 1.165) is 12.1 Å². The first-order valence-electron chi connectivity index (χ1n) is 4.45. The van der Waals surface area contributed by atoms with Gasteiger partial charge in [-0.05, 0) is 18.6 Å². The Kier molecular flexibility index (Phi) is 4.26. The lowest BCUT2D eigenvalue weighted by molar-refractivity contribution is 0.104. The average molecular weight is 195 g/mol. The van der Waals surface area contributed by atoms with Crippen LogP contribution in [0.1, 0.15) is 12.5 Å². The fraction of sp³-hybridized carbons (Fsp3) is 0.364. The molecule has 1 aromatic rings. The highest BCUT2D eigenvalue weighted by molar-refractivity contribution is 5.91. The zero-order chi connectivity index (χ0) is 10.4. The number of methoxy groups -OCH3 is 1. The number of fused-ring (bicyclic) bond motifs is 1. The number of ether oxygens (including phenoxy) is 1. The summed E-state index contributed by atoms with van der Waals surface area (Å²) in [6.07, 6.45) is 1.04. The summed E-state index contributed by atoms with van der Waals surface area (Å²) in [6.45, 7) is 1.39. The SMILES string of the molecule is CC1=Nc2ccccc2C1.COCF. The summed E-state index contributed by atoms with van der Waals surface area (Å²) in [4.78, 5) is 4.37. The lowest BCUT2D eigenvalue weighted by Gasteiger charge is -1.91. The molecule has 76 valence electrons. The van der Waals surface area contributed by atoms with Crippen LogP contribution in [0.15, 0.2) is 29.3 Å². The van der Waals surface area contributed by atoms with E-state index in [1.54, 1.807) is 0 Å². The molecule has 0 aliphatic carbocycles. The standard InChI is InChI=1S/C9H9N.C2H5FO/c1-7-6-8-4-2-3-5-9(8)10-7;1-4-2-3/h2-5H,6H2,1H3;2H2,1H3. The molecule has 1 aliphatic heterocycles.